The van der Waals surface area contributed by atoms with Gasteiger partial charge < -0.3 is 5.11 Å². The van der Waals surface area contributed by atoms with Crippen molar-refractivity contribution in [1.82, 2.24) is 4.90 Å². The highest BCUT2D eigenvalue weighted by Crippen LogP contribution is 2.05. The van der Waals surface area contributed by atoms with Gasteiger partial charge in [0, 0.05) is 6.54 Å². The van der Waals surface area contributed by atoms with E-state index in [1.807, 2.05) is 11.9 Å². The monoisotopic (exact) mass is 173 g/mol. The third-order valence-corrected chi connectivity index (χ3v) is 1.81. The number of carbonyl (C=O) groups is 1. The smallest absolute Gasteiger partial charge is 0.317 e. The fourth-order valence-electron chi connectivity index (χ4n) is 1.41. The van der Waals surface area contributed by atoms with Gasteiger partial charge in [-0.2, -0.15) is 0 Å². The Labute approximate surface area is 74.4 Å². The van der Waals surface area contributed by atoms with Gasteiger partial charge in [-0.15, -0.1) is 0 Å². The van der Waals surface area contributed by atoms with Crippen LogP contribution in [0.25, 0.3) is 0 Å². The summed E-state index contributed by atoms with van der Waals surface area (Å²) in [5.74, 6) is -0.152. The summed E-state index contributed by atoms with van der Waals surface area (Å²) < 4.78 is 0. The van der Waals surface area contributed by atoms with Crippen LogP contribution in [0.5, 0.6) is 0 Å². The molecule has 1 N–H and O–H groups in total. The van der Waals surface area contributed by atoms with E-state index in [9.17, 15) is 4.79 Å². The maximum Gasteiger partial charge on any atom is 0.317 e. The second kappa shape index (κ2) is 6.00. The minimum Gasteiger partial charge on any atom is -0.480 e. The maximum absolute atomic E-state index is 10.3. The topological polar surface area (TPSA) is 40.5 Å². The molecule has 0 spiro atoms. The van der Waals surface area contributed by atoms with Gasteiger partial charge in [0.25, 0.3) is 0 Å². The van der Waals surface area contributed by atoms with Crippen LogP contribution in [-0.4, -0.2) is 36.1 Å². The van der Waals surface area contributed by atoms with Crippen LogP contribution < -0.4 is 0 Å². The molecule has 0 fully saturated rings. The van der Waals surface area contributed by atoms with Crippen LogP contribution in [0.2, 0.25) is 0 Å². The minimum atomic E-state index is -0.749. The molecule has 0 aliphatic rings. The predicted octanol–water partition coefficient (Wildman–Crippen LogP) is 1.44. The van der Waals surface area contributed by atoms with E-state index < -0.39 is 5.97 Å². The van der Waals surface area contributed by atoms with Crippen LogP contribution in [0.1, 0.15) is 26.7 Å². The highest BCUT2D eigenvalue weighted by atomic mass is 16.4. The molecule has 0 saturated carbocycles. The second-order valence-corrected chi connectivity index (χ2v) is 3.48. The van der Waals surface area contributed by atoms with Gasteiger partial charge in [0.1, 0.15) is 0 Å². The SMILES string of the molecule is CCCC(C)CN(C)CC(=O)O. The lowest BCUT2D eigenvalue weighted by Gasteiger charge is -2.18. The Balaban J connectivity index is 3.53. The molecule has 0 aliphatic carbocycles. The Morgan fingerprint density at radius 3 is 2.58 bits per heavy atom. The van der Waals surface area contributed by atoms with Crippen molar-refractivity contribution < 1.29 is 9.90 Å². The summed E-state index contributed by atoms with van der Waals surface area (Å²) in [7, 11) is 1.85. The Kier molecular flexibility index (Phi) is 5.72. The van der Waals surface area contributed by atoms with Gasteiger partial charge in [0.2, 0.25) is 0 Å². The first-order valence-corrected chi connectivity index (χ1v) is 4.46. The van der Waals surface area contributed by atoms with E-state index in [4.69, 9.17) is 5.11 Å². The predicted molar refractivity (Wildman–Crippen MR) is 49.2 cm³/mol. The molecule has 0 aromatic heterocycles. The van der Waals surface area contributed by atoms with Crippen molar-refractivity contribution in [3.05, 3.63) is 0 Å². The summed E-state index contributed by atoms with van der Waals surface area (Å²) >= 11 is 0. The lowest BCUT2D eigenvalue weighted by atomic mass is 10.1. The summed E-state index contributed by atoms with van der Waals surface area (Å²) in [4.78, 5) is 12.2. The van der Waals surface area contributed by atoms with E-state index in [2.05, 4.69) is 13.8 Å². The second-order valence-electron chi connectivity index (χ2n) is 3.48. The van der Waals surface area contributed by atoms with Crippen molar-refractivity contribution in [2.45, 2.75) is 26.7 Å². The molecule has 0 heterocycles. The Morgan fingerprint density at radius 2 is 2.17 bits per heavy atom. The van der Waals surface area contributed by atoms with E-state index in [0.29, 0.717) is 5.92 Å². The number of nitrogens with zero attached hydrogens (tertiary/aromatic N) is 1. The number of hydrogen-bond acceptors (Lipinski definition) is 2. The zero-order chi connectivity index (χ0) is 9.56. The fourth-order valence-corrected chi connectivity index (χ4v) is 1.41. The van der Waals surface area contributed by atoms with Crippen LogP contribution in [0, 0.1) is 5.92 Å². The number of rotatable bonds is 6. The molecule has 0 bridgehead atoms. The highest BCUT2D eigenvalue weighted by Gasteiger charge is 2.07. The molecule has 0 rings (SSSR count). The van der Waals surface area contributed by atoms with Gasteiger partial charge in [0.15, 0.2) is 0 Å². The molecule has 0 radical (unpaired) electrons. The molecule has 1 unspecified atom stereocenters. The average Bonchev–Trinajstić information content (AvgIpc) is 1.84. The molecule has 3 heteroatoms. The van der Waals surface area contributed by atoms with Crippen molar-refractivity contribution >= 4 is 5.97 Å². The van der Waals surface area contributed by atoms with Crippen molar-refractivity contribution in [3.63, 3.8) is 0 Å². The molecule has 0 aliphatic heterocycles. The zero-order valence-corrected chi connectivity index (χ0v) is 8.21. The lowest BCUT2D eigenvalue weighted by molar-refractivity contribution is -0.138. The van der Waals surface area contributed by atoms with Gasteiger partial charge in [-0.1, -0.05) is 20.3 Å². The van der Waals surface area contributed by atoms with Crippen molar-refractivity contribution in [3.8, 4) is 0 Å². The standard InChI is InChI=1S/C9H19NO2/c1-4-5-8(2)6-10(3)7-9(11)12/h8H,4-7H2,1-3H3,(H,11,12). The van der Waals surface area contributed by atoms with Gasteiger partial charge in [-0.25, -0.2) is 0 Å². The molecular weight excluding hydrogens is 154 g/mol. The Bertz CT molecular complexity index is 136. The van der Waals surface area contributed by atoms with Crippen LogP contribution in [-0.2, 0) is 4.79 Å². The first-order valence-electron chi connectivity index (χ1n) is 4.46. The van der Waals surface area contributed by atoms with Crippen LogP contribution in [0.3, 0.4) is 0 Å². The van der Waals surface area contributed by atoms with Crippen molar-refractivity contribution in [1.29, 1.82) is 0 Å². The molecule has 3 nitrogen and oxygen atoms in total. The largest absolute Gasteiger partial charge is 0.480 e. The van der Waals surface area contributed by atoms with E-state index in [0.717, 1.165) is 6.54 Å². The molecule has 0 saturated heterocycles. The summed E-state index contributed by atoms with van der Waals surface area (Å²) in [6.45, 7) is 5.32. The first kappa shape index (κ1) is 11.4. The van der Waals surface area contributed by atoms with Gasteiger partial charge in [-0.3, -0.25) is 9.69 Å². The molecule has 72 valence electrons. The van der Waals surface area contributed by atoms with Crippen LogP contribution >= 0.6 is 0 Å². The fraction of sp³-hybridized carbons (Fsp3) is 0.889. The third-order valence-electron chi connectivity index (χ3n) is 1.81. The molecule has 0 aromatic rings. The summed E-state index contributed by atoms with van der Waals surface area (Å²) in [6.07, 6.45) is 2.34. The van der Waals surface area contributed by atoms with Gasteiger partial charge in [-0.05, 0) is 19.4 Å². The van der Waals surface area contributed by atoms with Gasteiger partial charge >= 0.3 is 5.97 Å². The first-order chi connectivity index (χ1) is 5.56. The van der Waals surface area contributed by atoms with E-state index in [-0.39, 0.29) is 6.54 Å². The molecule has 0 amide bonds. The number of likely N-dealkylation sites (N-methyl/N-ethyl adjacent to an activating group) is 1. The van der Waals surface area contributed by atoms with Crippen molar-refractivity contribution in [2.75, 3.05) is 20.1 Å². The third kappa shape index (κ3) is 6.16. The Morgan fingerprint density at radius 1 is 1.58 bits per heavy atom. The zero-order valence-electron chi connectivity index (χ0n) is 8.21. The number of aliphatic carboxylic acids is 1. The summed E-state index contributed by atoms with van der Waals surface area (Å²) in [5, 5.41) is 8.49. The van der Waals surface area contributed by atoms with E-state index in [1.54, 1.807) is 0 Å². The molecular formula is C9H19NO2. The minimum absolute atomic E-state index is 0.147. The average molecular weight is 173 g/mol. The normalized spacial score (nSPS) is 13.3. The lowest BCUT2D eigenvalue weighted by Crippen LogP contribution is -2.29. The van der Waals surface area contributed by atoms with Gasteiger partial charge in [0.05, 0.1) is 6.54 Å². The number of carboxylic acid groups (broad SMARTS) is 1. The van der Waals surface area contributed by atoms with Crippen LogP contribution in [0.4, 0.5) is 0 Å². The van der Waals surface area contributed by atoms with Crippen LogP contribution in [0.15, 0.2) is 0 Å². The summed E-state index contributed by atoms with van der Waals surface area (Å²) in [5.41, 5.74) is 0. The highest BCUT2D eigenvalue weighted by molar-refractivity contribution is 5.68. The number of carboxylic acids is 1. The summed E-state index contributed by atoms with van der Waals surface area (Å²) in [6, 6.07) is 0. The molecule has 0 aromatic carbocycles. The molecule has 1 atom stereocenters. The quantitative estimate of drug-likeness (QED) is 0.660. The Hall–Kier alpha value is -0.570. The van der Waals surface area contributed by atoms with Crippen molar-refractivity contribution in [2.24, 2.45) is 5.92 Å². The molecule has 12 heavy (non-hydrogen) atoms. The van der Waals surface area contributed by atoms with E-state index >= 15 is 0 Å². The van der Waals surface area contributed by atoms with E-state index in [1.165, 1.54) is 12.8 Å². The number of hydrogen-bond donors (Lipinski definition) is 1. The maximum atomic E-state index is 10.3.